The molecule has 0 spiro atoms. The number of carbonyl (C=O) groups is 1. The fourth-order valence-electron chi connectivity index (χ4n) is 4.38. The number of anilines is 1. The van der Waals surface area contributed by atoms with Crippen molar-refractivity contribution in [2.24, 2.45) is 5.92 Å². The highest BCUT2D eigenvalue weighted by Gasteiger charge is 2.30. The summed E-state index contributed by atoms with van der Waals surface area (Å²) < 4.78 is 5.88. The number of nitrogens with zero attached hydrogens (tertiary/aromatic N) is 3. The van der Waals surface area contributed by atoms with Crippen molar-refractivity contribution in [3.8, 4) is 5.75 Å². The molecule has 1 fully saturated rings. The number of aromatic nitrogens is 1. The molecule has 1 aromatic heterocycles. The van der Waals surface area contributed by atoms with Crippen molar-refractivity contribution in [3.63, 3.8) is 0 Å². The van der Waals surface area contributed by atoms with Gasteiger partial charge in [0.05, 0.1) is 0 Å². The predicted octanol–water partition coefficient (Wildman–Crippen LogP) is 4.07. The SMILES string of the molecule is O=C(C1CCN(c2nc3ccccc3o2)CC1)N1CC=C(c2ccc(O)cc2)CC1. The smallest absolute Gasteiger partial charge is 0.298 e. The number of rotatable bonds is 3. The number of oxazole rings is 1. The van der Waals surface area contributed by atoms with Crippen LogP contribution in [0.1, 0.15) is 24.8 Å². The van der Waals surface area contributed by atoms with Crippen LogP contribution >= 0.6 is 0 Å². The fraction of sp³-hybridized carbons (Fsp3) is 0.333. The molecule has 0 unspecified atom stereocenters. The van der Waals surface area contributed by atoms with Crippen molar-refractivity contribution in [2.75, 3.05) is 31.1 Å². The number of benzene rings is 2. The first-order valence-electron chi connectivity index (χ1n) is 10.5. The van der Waals surface area contributed by atoms with Gasteiger partial charge in [-0.15, -0.1) is 0 Å². The van der Waals surface area contributed by atoms with Crippen molar-refractivity contribution >= 4 is 28.6 Å². The zero-order valence-electron chi connectivity index (χ0n) is 16.8. The van der Waals surface area contributed by atoms with Gasteiger partial charge in [-0.3, -0.25) is 4.79 Å². The predicted molar refractivity (Wildman–Crippen MR) is 116 cm³/mol. The van der Waals surface area contributed by atoms with E-state index < -0.39 is 0 Å². The molecule has 6 nitrogen and oxygen atoms in total. The summed E-state index contributed by atoms with van der Waals surface area (Å²) >= 11 is 0. The summed E-state index contributed by atoms with van der Waals surface area (Å²) in [4.78, 5) is 21.7. The number of piperidine rings is 1. The number of phenolic OH excluding ortho intramolecular Hbond substituents is 1. The lowest BCUT2D eigenvalue weighted by Gasteiger charge is -2.34. The van der Waals surface area contributed by atoms with Gasteiger partial charge in [-0.25, -0.2) is 0 Å². The number of para-hydroxylation sites is 2. The highest BCUT2D eigenvalue weighted by molar-refractivity contribution is 5.81. The van der Waals surface area contributed by atoms with Crippen LogP contribution < -0.4 is 4.90 Å². The summed E-state index contributed by atoms with van der Waals surface area (Å²) in [7, 11) is 0. The Balaban J connectivity index is 1.18. The second kappa shape index (κ2) is 7.86. The Morgan fingerprint density at radius 1 is 1.03 bits per heavy atom. The number of hydrogen-bond donors (Lipinski definition) is 1. The largest absolute Gasteiger partial charge is 0.508 e. The monoisotopic (exact) mass is 403 g/mol. The lowest BCUT2D eigenvalue weighted by Crippen LogP contribution is -2.44. The molecular weight excluding hydrogens is 378 g/mol. The Morgan fingerprint density at radius 3 is 2.50 bits per heavy atom. The number of carbonyl (C=O) groups excluding carboxylic acids is 1. The van der Waals surface area contributed by atoms with Crippen LogP contribution in [0.15, 0.2) is 59.0 Å². The van der Waals surface area contributed by atoms with Gasteiger partial charge in [0, 0.05) is 32.1 Å². The molecule has 2 aromatic carbocycles. The molecular formula is C24H25N3O3. The van der Waals surface area contributed by atoms with Crippen molar-refractivity contribution in [1.29, 1.82) is 0 Å². The molecule has 1 saturated heterocycles. The van der Waals surface area contributed by atoms with Crippen molar-refractivity contribution in [2.45, 2.75) is 19.3 Å². The van der Waals surface area contributed by atoms with Crippen LogP contribution in [0.5, 0.6) is 5.75 Å². The van der Waals surface area contributed by atoms with Gasteiger partial charge in [0.1, 0.15) is 11.3 Å². The fourth-order valence-corrected chi connectivity index (χ4v) is 4.38. The van der Waals surface area contributed by atoms with Crippen LogP contribution in [0.3, 0.4) is 0 Å². The molecule has 0 atom stereocenters. The van der Waals surface area contributed by atoms with Gasteiger partial charge in [-0.1, -0.05) is 30.3 Å². The summed E-state index contributed by atoms with van der Waals surface area (Å²) in [6.45, 7) is 2.97. The summed E-state index contributed by atoms with van der Waals surface area (Å²) in [5.41, 5.74) is 4.03. The Morgan fingerprint density at radius 2 is 1.80 bits per heavy atom. The van der Waals surface area contributed by atoms with Crippen molar-refractivity contribution < 1.29 is 14.3 Å². The minimum atomic E-state index is 0.0641. The Bertz CT molecular complexity index is 1050. The normalized spacial score (nSPS) is 17.9. The van der Waals surface area contributed by atoms with Crippen LogP contribution in [-0.2, 0) is 4.79 Å². The van der Waals surface area contributed by atoms with Crippen molar-refractivity contribution in [3.05, 3.63) is 60.2 Å². The second-order valence-corrected chi connectivity index (χ2v) is 8.04. The van der Waals surface area contributed by atoms with Gasteiger partial charge in [0.25, 0.3) is 6.01 Å². The average Bonchev–Trinajstić information content (AvgIpc) is 3.24. The molecule has 0 saturated carbocycles. The van der Waals surface area contributed by atoms with Crippen LogP contribution in [0.2, 0.25) is 0 Å². The quantitative estimate of drug-likeness (QED) is 0.714. The van der Waals surface area contributed by atoms with E-state index in [1.165, 1.54) is 5.57 Å². The average molecular weight is 403 g/mol. The van der Waals surface area contributed by atoms with Crippen molar-refractivity contribution in [1.82, 2.24) is 9.88 Å². The standard InChI is InChI=1S/C24H25N3O3/c28-20-7-5-17(6-8-20)18-9-13-26(14-10-18)23(29)19-11-15-27(16-12-19)24-25-21-3-1-2-4-22(21)30-24/h1-9,19,28H,10-16H2. The number of hydrogen-bond acceptors (Lipinski definition) is 5. The molecule has 154 valence electrons. The maximum atomic E-state index is 13.0. The number of phenols is 1. The molecule has 6 heteroatoms. The van der Waals surface area contributed by atoms with Crippen LogP contribution in [-0.4, -0.2) is 47.1 Å². The topological polar surface area (TPSA) is 69.8 Å². The number of amides is 1. The molecule has 5 rings (SSSR count). The molecule has 30 heavy (non-hydrogen) atoms. The summed E-state index contributed by atoms with van der Waals surface area (Å²) in [6.07, 6.45) is 4.63. The zero-order chi connectivity index (χ0) is 20.5. The van der Waals surface area contributed by atoms with Crippen LogP contribution in [0.4, 0.5) is 6.01 Å². The summed E-state index contributed by atoms with van der Waals surface area (Å²) in [5.74, 6) is 0.596. The minimum absolute atomic E-state index is 0.0641. The van der Waals surface area contributed by atoms with Gasteiger partial charge in [0.15, 0.2) is 5.58 Å². The second-order valence-electron chi connectivity index (χ2n) is 8.04. The Labute approximate surface area is 175 Å². The third-order valence-corrected chi connectivity index (χ3v) is 6.16. The molecule has 3 heterocycles. The molecule has 3 aromatic rings. The highest BCUT2D eigenvalue weighted by Crippen LogP contribution is 2.29. The van der Waals surface area contributed by atoms with Gasteiger partial charge < -0.3 is 19.3 Å². The number of aromatic hydroxyl groups is 1. The lowest BCUT2D eigenvalue weighted by atomic mass is 9.93. The van der Waals surface area contributed by atoms with Gasteiger partial charge >= 0.3 is 0 Å². The van der Waals surface area contributed by atoms with E-state index in [0.29, 0.717) is 12.6 Å². The number of fused-ring (bicyclic) bond motifs is 1. The third kappa shape index (κ3) is 3.65. The van der Waals surface area contributed by atoms with E-state index in [0.717, 1.165) is 55.6 Å². The Hall–Kier alpha value is -3.28. The summed E-state index contributed by atoms with van der Waals surface area (Å²) in [6, 6.07) is 15.7. The van der Waals surface area contributed by atoms with E-state index in [-0.39, 0.29) is 17.6 Å². The van der Waals surface area contributed by atoms with Gasteiger partial charge in [0.2, 0.25) is 5.91 Å². The zero-order valence-corrected chi connectivity index (χ0v) is 16.8. The molecule has 0 aliphatic carbocycles. The molecule has 2 aliphatic heterocycles. The maximum Gasteiger partial charge on any atom is 0.298 e. The highest BCUT2D eigenvalue weighted by atomic mass is 16.4. The molecule has 1 amide bonds. The summed E-state index contributed by atoms with van der Waals surface area (Å²) in [5, 5.41) is 9.46. The van der Waals surface area contributed by atoms with Crippen LogP contribution in [0.25, 0.3) is 16.7 Å². The van der Waals surface area contributed by atoms with E-state index >= 15 is 0 Å². The van der Waals surface area contributed by atoms with E-state index in [9.17, 15) is 9.90 Å². The van der Waals surface area contributed by atoms with E-state index in [1.807, 2.05) is 41.3 Å². The first kappa shape index (κ1) is 18.7. The first-order chi connectivity index (χ1) is 14.7. The molecule has 0 bridgehead atoms. The molecule has 2 aliphatic rings. The maximum absolute atomic E-state index is 13.0. The van der Waals surface area contributed by atoms with Gasteiger partial charge in [-0.2, -0.15) is 4.98 Å². The van der Waals surface area contributed by atoms with Gasteiger partial charge in [-0.05, 0) is 54.7 Å². The molecule has 1 N–H and O–H groups in total. The van der Waals surface area contributed by atoms with Crippen LogP contribution in [0, 0.1) is 5.92 Å². The first-order valence-corrected chi connectivity index (χ1v) is 10.5. The van der Waals surface area contributed by atoms with E-state index in [1.54, 1.807) is 12.1 Å². The lowest BCUT2D eigenvalue weighted by molar-refractivity contribution is -0.135. The third-order valence-electron chi connectivity index (χ3n) is 6.16. The molecule has 0 radical (unpaired) electrons. The Kier molecular flexibility index (Phi) is 4.91. The van der Waals surface area contributed by atoms with E-state index in [4.69, 9.17) is 4.42 Å². The van der Waals surface area contributed by atoms with E-state index in [2.05, 4.69) is 16.0 Å². The minimum Gasteiger partial charge on any atom is -0.508 e.